The Labute approximate surface area is 276 Å². The van der Waals surface area contributed by atoms with Crippen LogP contribution in [0.3, 0.4) is 0 Å². The lowest BCUT2D eigenvalue weighted by molar-refractivity contribution is -0.134. The molecule has 4 atom stereocenters. The third kappa shape index (κ3) is 10.7. The molecule has 0 spiro atoms. The van der Waals surface area contributed by atoms with Crippen molar-refractivity contribution in [1.82, 2.24) is 39.2 Å². The number of hydrogen-bond donors (Lipinski definition) is 0. The third-order valence-electron chi connectivity index (χ3n) is 9.96. The van der Waals surface area contributed by atoms with E-state index in [1.807, 2.05) is 9.80 Å². The first-order valence-electron chi connectivity index (χ1n) is 16.8. The van der Waals surface area contributed by atoms with Crippen molar-refractivity contribution in [2.75, 3.05) is 121 Å². The predicted molar refractivity (Wildman–Crippen MR) is 177 cm³/mol. The van der Waals surface area contributed by atoms with Crippen LogP contribution in [0.4, 0.5) is 9.59 Å². The standard InChI is InChI=1S/C9H16N2O2.C9H16N2O.C7H14N2O2.C7H14N2O/c1-10-5-7-3-4-8(6-10)11(7)9(12)13-2;1-7(12)11-8-3-4-9(11)6-10(2)5-8;1-8-3-5-9(6-4-8)7(10)11-2;1-7(10)9-5-3-8(2)4-6-9/h7-8H,3-6H2,1-2H3;8-9H,3-6H2,1-2H3;3-6H2,1-2H3;3-6H2,1-2H3. The van der Waals surface area contributed by atoms with E-state index in [0.29, 0.717) is 24.2 Å². The second-order valence-electron chi connectivity index (χ2n) is 13.6. The van der Waals surface area contributed by atoms with Gasteiger partial charge in [0, 0.05) is 117 Å². The molecular weight excluding hydrogens is 592 g/mol. The number of hydrogen-bond acceptors (Lipinski definition) is 10. The summed E-state index contributed by atoms with van der Waals surface area (Å²) in [5.41, 5.74) is 0. The Hall–Kier alpha value is -2.68. The summed E-state index contributed by atoms with van der Waals surface area (Å²) in [7, 11) is 11.3. The molecule has 0 aromatic carbocycles. The van der Waals surface area contributed by atoms with E-state index >= 15 is 0 Å². The molecule has 0 radical (unpaired) electrons. The highest BCUT2D eigenvalue weighted by atomic mass is 16.5. The second-order valence-corrected chi connectivity index (χ2v) is 13.6. The zero-order valence-corrected chi connectivity index (χ0v) is 29.7. The van der Waals surface area contributed by atoms with Crippen molar-refractivity contribution in [3.05, 3.63) is 0 Å². The Morgan fingerprint density at radius 2 is 0.804 bits per heavy atom. The molecule has 0 aromatic heterocycles. The van der Waals surface area contributed by atoms with Crippen molar-refractivity contribution in [3.63, 3.8) is 0 Å². The van der Waals surface area contributed by atoms with Crippen LogP contribution in [0.25, 0.3) is 0 Å². The minimum absolute atomic E-state index is 0.152. The molecule has 6 rings (SSSR count). The molecule has 6 aliphatic heterocycles. The van der Waals surface area contributed by atoms with Crippen molar-refractivity contribution >= 4 is 24.0 Å². The number of rotatable bonds is 0. The first-order valence-corrected chi connectivity index (χ1v) is 16.8. The second kappa shape index (κ2) is 18.0. The highest BCUT2D eigenvalue weighted by molar-refractivity contribution is 5.74. The van der Waals surface area contributed by atoms with E-state index in [9.17, 15) is 19.2 Å². The molecule has 0 N–H and O–H groups in total. The monoisotopic (exact) mass is 652 g/mol. The van der Waals surface area contributed by atoms with Gasteiger partial charge in [-0.25, -0.2) is 9.59 Å². The molecule has 46 heavy (non-hydrogen) atoms. The lowest BCUT2D eigenvalue weighted by Crippen LogP contribution is -2.54. The Balaban J connectivity index is 0.000000168. The lowest BCUT2D eigenvalue weighted by Gasteiger charge is -2.38. The van der Waals surface area contributed by atoms with Crippen LogP contribution >= 0.6 is 0 Å². The summed E-state index contributed by atoms with van der Waals surface area (Å²) in [6.45, 7) is 14.7. The molecule has 6 saturated heterocycles. The third-order valence-corrected chi connectivity index (χ3v) is 9.96. The minimum Gasteiger partial charge on any atom is -0.453 e. The summed E-state index contributed by atoms with van der Waals surface area (Å²) < 4.78 is 9.37. The summed E-state index contributed by atoms with van der Waals surface area (Å²) in [4.78, 5) is 61.1. The van der Waals surface area contributed by atoms with Gasteiger partial charge in [-0.2, -0.15) is 0 Å². The Morgan fingerprint density at radius 3 is 1.13 bits per heavy atom. The fourth-order valence-corrected chi connectivity index (χ4v) is 7.38. The van der Waals surface area contributed by atoms with Gasteiger partial charge in [-0.15, -0.1) is 0 Å². The number of carbonyl (C=O) groups excluding carboxylic acids is 4. The van der Waals surface area contributed by atoms with Gasteiger partial charge in [0.05, 0.1) is 14.2 Å². The van der Waals surface area contributed by atoms with Gasteiger partial charge in [-0.3, -0.25) is 14.5 Å². The van der Waals surface area contributed by atoms with Gasteiger partial charge in [-0.05, 0) is 53.9 Å². The Morgan fingerprint density at radius 1 is 0.457 bits per heavy atom. The van der Waals surface area contributed by atoms with Gasteiger partial charge >= 0.3 is 12.2 Å². The highest BCUT2D eigenvalue weighted by Gasteiger charge is 2.42. The van der Waals surface area contributed by atoms with Crippen LogP contribution in [0.15, 0.2) is 0 Å². The summed E-state index contributed by atoms with van der Waals surface area (Å²) >= 11 is 0. The van der Waals surface area contributed by atoms with E-state index in [2.05, 4.69) is 57.4 Å². The molecule has 14 nitrogen and oxygen atoms in total. The smallest absolute Gasteiger partial charge is 0.410 e. The van der Waals surface area contributed by atoms with E-state index in [1.165, 1.54) is 27.1 Å². The Kier molecular flexibility index (Phi) is 14.8. The van der Waals surface area contributed by atoms with Crippen LogP contribution in [0, 0.1) is 0 Å². The molecule has 4 amide bonds. The van der Waals surface area contributed by atoms with Crippen molar-refractivity contribution in [2.24, 2.45) is 0 Å². The van der Waals surface area contributed by atoms with Gasteiger partial charge in [0.25, 0.3) is 0 Å². The van der Waals surface area contributed by atoms with Crippen LogP contribution in [0.5, 0.6) is 0 Å². The maximum atomic E-state index is 11.4. The number of nitrogens with zero attached hydrogens (tertiary/aromatic N) is 8. The largest absolute Gasteiger partial charge is 0.453 e. The number of likely N-dealkylation sites (N-methyl/N-ethyl adjacent to an activating group) is 4. The molecule has 0 aromatic rings. The summed E-state index contributed by atoms with van der Waals surface area (Å²) in [5, 5.41) is 0. The average Bonchev–Trinajstić information content (AvgIpc) is 3.47. The van der Waals surface area contributed by atoms with Gasteiger partial charge in [0.1, 0.15) is 0 Å². The number of carbonyl (C=O) groups is 4. The normalized spacial score (nSPS) is 28.2. The first-order chi connectivity index (χ1) is 21.8. The van der Waals surface area contributed by atoms with Gasteiger partial charge in [-0.1, -0.05) is 0 Å². The predicted octanol–water partition coefficient (Wildman–Crippen LogP) is 0.623. The zero-order valence-electron chi connectivity index (χ0n) is 29.7. The fourth-order valence-electron chi connectivity index (χ4n) is 7.38. The zero-order chi connectivity index (χ0) is 34.0. The van der Waals surface area contributed by atoms with Crippen LogP contribution < -0.4 is 0 Å². The van der Waals surface area contributed by atoms with E-state index < -0.39 is 0 Å². The van der Waals surface area contributed by atoms with Gasteiger partial charge < -0.3 is 43.8 Å². The molecule has 4 bridgehead atoms. The van der Waals surface area contributed by atoms with E-state index in [4.69, 9.17) is 4.74 Å². The topological polar surface area (TPSA) is 113 Å². The maximum Gasteiger partial charge on any atom is 0.410 e. The van der Waals surface area contributed by atoms with Gasteiger partial charge in [0.2, 0.25) is 11.8 Å². The summed E-state index contributed by atoms with van der Waals surface area (Å²) in [6.07, 6.45) is 4.30. The molecule has 0 aliphatic carbocycles. The van der Waals surface area contributed by atoms with E-state index in [1.54, 1.807) is 18.7 Å². The number of piperazine rings is 4. The molecule has 6 aliphatic rings. The number of fused-ring (bicyclic) bond motifs is 4. The lowest BCUT2D eigenvalue weighted by atomic mass is 10.2. The van der Waals surface area contributed by atoms with Crippen LogP contribution in [0.1, 0.15) is 39.5 Å². The number of amides is 4. The van der Waals surface area contributed by atoms with Crippen LogP contribution in [-0.4, -0.2) is 208 Å². The molecule has 0 saturated carbocycles. The van der Waals surface area contributed by atoms with Gasteiger partial charge in [0.15, 0.2) is 0 Å². The summed E-state index contributed by atoms with van der Waals surface area (Å²) in [6, 6.07) is 1.78. The molecule has 6 fully saturated rings. The SMILES string of the molecule is CC(=O)N1C2CCC1CN(C)C2.CC(=O)N1CCN(C)CC1.COC(=O)N1C2CCC1CN(C)C2.COC(=O)N1CCN(C)CC1. The van der Waals surface area contributed by atoms with E-state index in [-0.39, 0.29) is 24.0 Å². The minimum atomic E-state index is -0.210. The molecule has 14 heteroatoms. The van der Waals surface area contributed by atoms with Crippen molar-refractivity contribution < 1.29 is 28.7 Å². The number of ether oxygens (including phenoxy) is 2. The summed E-state index contributed by atoms with van der Waals surface area (Å²) in [5.74, 6) is 0.462. The highest BCUT2D eigenvalue weighted by Crippen LogP contribution is 2.30. The molecule has 6 heterocycles. The van der Waals surface area contributed by atoms with Crippen molar-refractivity contribution in [2.45, 2.75) is 63.7 Å². The Bertz CT molecular complexity index is 975. The molecule has 264 valence electrons. The molecular formula is C32H60N8O6. The van der Waals surface area contributed by atoms with Crippen LogP contribution in [0.2, 0.25) is 0 Å². The van der Waals surface area contributed by atoms with Crippen LogP contribution in [-0.2, 0) is 19.1 Å². The molecule has 4 unspecified atom stereocenters. The van der Waals surface area contributed by atoms with E-state index in [0.717, 1.165) is 91.4 Å². The quantitative estimate of drug-likeness (QED) is 0.369. The van der Waals surface area contributed by atoms with Crippen molar-refractivity contribution in [3.8, 4) is 0 Å². The number of methoxy groups -OCH3 is 2. The average molecular weight is 653 g/mol. The first kappa shape index (κ1) is 37.8. The fraction of sp³-hybridized carbons (Fsp3) is 0.875. The van der Waals surface area contributed by atoms with Crippen molar-refractivity contribution in [1.29, 1.82) is 0 Å². The number of likely N-dealkylation sites (tertiary alicyclic amines) is 2. The maximum absolute atomic E-state index is 11.4.